The molecule has 4 nitrogen and oxygen atoms in total. The van der Waals surface area contributed by atoms with Gasteiger partial charge in [-0.1, -0.05) is 0 Å². The highest BCUT2D eigenvalue weighted by atomic mass is 15.1. The van der Waals surface area contributed by atoms with Crippen molar-refractivity contribution in [1.29, 1.82) is 0 Å². The molecule has 1 atom stereocenters. The minimum absolute atomic E-state index is 0.460. The Morgan fingerprint density at radius 3 is 3.00 bits per heavy atom. The summed E-state index contributed by atoms with van der Waals surface area (Å²) in [7, 11) is 0. The molecule has 1 heterocycles. The first kappa shape index (κ1) is 8.29. The van der Waals surface area contributed by atoms with E-state index in [1.165, 1.54) is 12.8 Å². The van der Waals surface area contributed by atoms with Crippen molar-refractivity contribution in [2.45, 2.75) is 25.8 Å². The summed E-state index contributed by atoms with van der Waals surface area (Å²) in [5, 5.41) is 3.24. The van der Waals surface area contributed by atoms with Gasteiger partial charge in [-0.05, 0) is 31.7 Å². The highest BCUT2D eigenvalue weighted by molar-refractivity contribution is 5.35. The van der Waals surface area contributed by atoms with Crippen molar-refractivity contribution in [3.8, 4) is 0 Å². The average Bonchev–Trinajstić information content (AvgIpc) is 2.85. The fourth-order valence-corrected chi connectivity index (χ4v) is 1.36. The second-order valence-electron chi connectivity index (χ2n) is 3.58. The molecule has 1 aliphatic carbocycles. The molecular formula is C9H14N4. The molecule has 1 unspecified atom stereocenters. The summed E-state index contributed by atoms with van der Waals surface area (Å²) in [5.41, 5.74) is 5.53. The summed E-state index contributed by atoms with van der Waals surface area (Å²) in [5.74, 6) is 1.95. The normalized spacial score (nSPS) is 18.2. The zero-order valence-electron chi connectivity index (χ0n) is 7.70. The van der Waals surface area contributed by atoms with E-state index in [-0.39, 0.29) is 0 Å². The van der Waals surface area contributed by atoms with E-state index in [4.69, 9.17) is 5.73 Å². The number of hydrogen-bond acceptors (Lipinski definition) is 4. The fourth-order valence-electron chi connectivity index (χ4n) is 1.36. The molecule has 1 aromatic heterocycles. The van der Waals surface area contributed by atoms with E-state index in [2.05, 4.69) is 22.2 Å². The Labute approximate surface area is 77.6 Å². The van der Waals surface area contributed by atoms with Gasteiger partial charge >= 0.3 is 0 Å². The highest BCUT2D eigenvalue weighted by Crippen LogP contribution is 2.33. The van der Waals surface area contributed by atoms with Crippen LogP contribution in [0.4, 0.5) is 11.8 Å². The Balaban J connectivity index is 2.00. The molecular weight excluding hydrogens is 164 g/mol. The van der Waals surface area contributed by atoms with Crippen LogP contribution in [0.2, 0.25) is 0 Å². The van der Waals surface area contributed by atoms with Gasteiger partial charge in [0, 0.05) is 12.2 Å². The van der Waals surface area contributed by atoms with Crippen molar-refractivity contribution in [3.05, 3.63) is 12.3 Å². The van der Waals surface area contributed by atoms with Crippen LogP contribution in [0.15, 0.2) is 12.3 Å². The van der Waals surface area contributed by atoms with Crippen LogP contribution < -0.4 is 11.1 Å². The van der Waals surface area contributed by atoms with E-state index in [9.17, 15) is 0 Å². The van der Waals surface area contributed by atoms with Gasteiger partial charge in [0.25, 0.3) is 0 Å². The Bertz CT molecular complexity index is 295. The first-order valence-corrected chi connectivity index (χ1v) is 4.61. The van der Waals surface area contributed by atoms with Crippen molar-refractivity contribution in [1.82, 2.24) is 9.97 Å². The SMILES string of the molecule is CC(Nc1nccc(N)n1)C1CC1. The van der Waals surface area contributed by atoms with Gasteiger partial charge < -0.3 is 11.1 Å². The van der Waals surface area contributed by atoms with Gasteiger partial charge in [-0.2, -0.15) is 4.98 Å². The van der Waals surface area contributed by atoms with E-state index >= 15 is 0 Å². The third kappa shape index (κ3) is 2.08. The molecule has 0 spiro atoms. The molecule has 0 saturated heterocycles. The number of nitrogens with two attached hydrogens (primary N) is 1. The van der Waals surface area contributed by atoms with E-state index in [1.54, 1.807) is 12.3 Å². The van der Waals surface area contributed by atoms with Gasteiger partial charge in [0.05, 0.1) is 0 Å². The van der Waals surface area contributed by atoms with E-state index in [0.717, 1.165) is 5.92 Å². The Kier molecular flexibility index (Phi) is 2.04. The number of nitrogens with one attached hydrogen (secondary N) is 1. The van der Waals surface area contributed by atoms with Crippen molar-refractivity contribution < 1.29 is 0 Å². The maximum Gasteiger partial charge on any atom is 0.224 e. The molecule has 1 saturated carbocycles. The number of rotatable bonds is 3. The summed E-state index contributed by atoms with van der Waals surface area (Å²) in [6.45, 7) is 2.16. The Morgan fingerprint density at radius 2 is 2.38 bits per heavy atom. The van der Waals surface area contributed by atoms with Crippen molar-refractivity contribution in [2.75, 3.05) is 11.1 Å². The lowest BCUT2D eigenvalue weighted by Crippen LogP contribution is -2.19. The third-order valence-corrected chi connectivity index (χ3v) is 2.36. The van der Waals surface area contributed by atoms with E-state index < -0.39 is 0 Å². The molecule has 2 rings (SSSR count). The van der Waals surface area contributed by atoms with E-state index in [0.29, 0.717) is 17.8 Å². The highest BCUT2D eigenvalue weighted by Gasteiger charge is 2.28. The molecule has 70 valence electrons. The molecule has 13 heavy (non-hydrogen) atoms. The Hall–Kier alpha value is -1.32. The second-order valence-corrected chi connectivity index (χ2v) is 3.58. The number of nitrogens with zero attached hydrogens (tertiary/aromatic N) is 2. The fraction of sp³-hybridized carbons (Fsp3) is 0.556. The van der Waals surface area contributed by atoms with Crippen LogP contribution in [0.1, 0.15) is 19.8 Å². The lowest BCUT2D eigenvalue weighted by Gasteiger charge is -2.11. The quantitative estimate of drug-likeness (QED) is 0.731. The predicted molar refractivity (Wildman–Crippen MR) is 52.3 cm³/mol. The summed E-state index contributed by atoms with van der Waals surface area (Å²) in [6.07, 6.45) is 4.30. The van der Waals surface area contributed by atoms with Crippen LogP contribution in [-0.4, -0.2) is 16.0 Å². The minimum Gasteiger partial charge on any atom is -0.384 e. The summed E-state index contributed by atoms with van der Waals surface area (Å²) in [6, 6.07) is 2.15. The molecule has 3 N–H and O–H groups in total. The number of aromatic nitrogens is 2. The maximum absolute atomic E-state index is 5.53. The lowest BCUT2D eigenvalue weighted by atomic mass is 10.2. The predicted octanol–water partition coefficient (Wildman–Crippen LogP) is 1.27. The van der Waals surface area contributed by atoms with Crippen molar-refractivity contribution in [2.24, 2.45) is 5.92 Å². The zero-order valence-corrected chi connectivity index (χ0v) is 7.70. The topological polar surface area (TPSA) is 63.8 Å². The molecule has 0 amide bonds. The average molecular weight is 178 g/mol. The van der Waals surface area contributed by atoms with Gasteiger partial charge in [0.1, 0.15) is 5.82 Å². The number of nitrogen functional groups attached to an aromatic ring is 1. The smallest absolute Gasteiger partial charge is 0.224 e. The molecule has 1 aromatic rings. The monoisotopic (exact) mass is 178 g/mol. The van der Waals surface area contributed by atoms with Crippen LogP contribution >= 0.6 is 0 Å². The summed E-state index contributed by atoms with van der Waals surface area (Å²) < 4.78 is 0. The molecule has 0 bridgehead atoms. The van der Waals surface area contributed by atoms with Crippen molar-refractivity contribution in [3.63, 3.8) is 0 Å². The maximum atomic E-state index is 5.53. The van der Waals surface area contributed by atoms with Crippen LogP contribution in [0.3, 0.4) is 0 Å². The first-order valence-electron chi connectivity index (χ1n) is 4.61. The molecule has 1 aliphatic rings. The molecule has 1 fully saturated rings. The number of anilines is 2. The van der Waals surface area contributed by atoms with Crippen LogP contribution in [0.5, 0.6) is 0 Å². The molecule has 0 aromatic carbocycles. The van der Waals surface area contributed by atoms with Crippen LogP contribution in [0, 0.1) is 5.92 Å². The third-order valence-electron chi connectivity index (χ3n) is 2.36. The van der Waals surface area contributed by atoms with Gasteiger partial charge in [0.2, 0.25) is 5.95 Å². The van der Waals surface area contributed by atoms with Crippen LogP contribution in [0.25, 0.3) is 0 Å². The molecule has 4 heteroatoms. The minimum atomic E-state index is 0.460. The molecule has 0 aliphatic heterocycles. The van der Waals surface area contributed by atoms with Gasteiger partial charge in [-0.25, -0.2) is 4.98 Å². The zero-order chi connectivity index (χ0) is 9.26. The first-order chi connectivity index (χ1) is 6.25. The summed E-state index contributed by atoms with van der Waals surface area (Å²) >= 11 is 0. The van der Waals surface area contributed by atoms with Gasteiger partial charge in [-0.15, -0.1) is 0 Å². The standard InChI is InChI=1S/C9H14N4/c1-6(7-2-3-7)12-9-11-5-4-8(10)13-9/h4-7H,2-3H2,1H3,(H3,10,11,12,13). The second kappa shape index (κ2) is 3.20. The summed E-state index contributed by atoms with van der Waals surface area (Å²) in [4.78, 5) is 8.17. The van der Waals surface area contributed by atoms with Gasteiger partial charge in [0.15, 0.2) is 0 Å². The van der Waals surface area contributed by atoms with Gasteiger partial charge in [-0.3, -0.25) is 0 Å². The largest absolute Gasteiger partial charge is 0.384 e. The van der Waals surface area contributed by atoms with E-state index in [1.807, 2.05) is 0 Å². The molecule has 0 radical (unpaired) electrons. The Morgan fingerprint density at radius 1 is 1.62 bits per heavy atom. The number of hydrogen-bond donors (Lipinski definition) is 2. The van der Waals surface area contributed by atoms with Crippen LogP contribution in [-0.2, 0) is 0 Å². The van der Waals surface area contributed by atoms with Crippen molar-refractivity contribution >= 4 is 11.8 Å². The lowest BCUT2D eigenvalue weighted by molar-refractivity contribution is 0.686.